The van der Waals surface area contributed by atoms with Gasteiger partial charge in [0.25, 0.3) is 5.91 Å². The van der Waals surface area contributed by atoms with Crippen LogP contribution >= 0.6 is 0 Å². The summed E-state index contributed by atoms with van der Waals surface area (Å²) in [4.78, 5) is 14.3. The van der Waals surface area contributed by atoms with E-state index in [2.05, 4.69) is 0 Å². The van der Waals surface area contributed by atoms with Gasteiger partial charge in [-0.1, -0.05) is 0 Å². The molecule has 0 N–H and O–H groups in total. The number of likely N-dealkylation sites (tertiary alicyclic amines) is 1. The Kier molecular flexibility index (Phi) is 3.57. The van der Waals surface area contributed by atoms with Gasteiger partial charge in [0, 0.05) is 6.54 Å². The van der Waals surface area contributed by atoms with Gasteiger partial charge >= 0.3 is 0 Å². The fourth-order valence-electron chi connectivity index (χ4n) is 2.78. The third-order valence-electron chi connectivity index (χ3n) is 3.72. The fourth-order valence-corrected chi connectivity index (χ4v) is 2.78. The molecule has 1 aromatic heterocycles. The number of hydrogen-bond acceptors (Lipinski definition) is 4. The van der Waals surface area contributed by atoms with Gasteiger partial charge in [-0.25, -0.2) is 0 Å². The summed E-state index contributed by atoms with van der Waals surface area (Å²) in [5.41, 5.74) is 0. The third-order valence-corrected chi connectivity index (χ3v) is 3.72. The molecule has 19 heavy (non-hydrogen) atoms. The van der Waals surface area contributed by atoms with E-state index in [-0.39, 0.29) is 18.2 Å². The van der Waals surface area contributed by atoms with Gasteiger partial charge in [0.1, 0.15) is 5.76 Å². The molecule has 0 spiro atoms. The number of carbonyl (C=O) groups excluding carboxylic acids is 1. The summed E-state index contributed by atoms with van der Waals surface area (Å²) in [6, 6.07) is 3.56. The van der Waals surface area contributed by atoms with E-state index in [1.54, 1.807) is 6.07 Å². The van der Waals surface area contributed by atoms with Crippen LogP contribution in [0.4, 0.5) is 0 Å². The van der Waals surface area contributed by atoms with Gasteiger partial charge in [0.05, 0.1) is 19.3 Å². The molecule has 2 saturated heterocycles. The summed E-state index contributed by atoms with van der Waals surface area (Å²) in [6.45, 7) is 3.81. The Bertz CT molecular complexity index is 450. The van der Waals surface area contributed by atoms with Crippen LogP contribution in [-0.2, 0) is 9.47 Å². The van der Waals surface area contributed by atoms with Gasteiger partial charge in [-0.15, -0.1) is 0 Å². The summed E-state index contributed by atoms with van der Waals surface area (Å²) in [6.07, 6.45) is 2.78. The van der Waals surface area contributed by atoms with Crippen LogP contribution in [0.5, 0.6) is 0 Å². The summed E-state index contributed by atoms with van der Waals surface area (Å²) >= 11 is 0. The molecule has 3 rings (SSSR count). The zero-order valence-corrected chi connectivity index (χ0v) is 11.1. The summed E-state index contributed by atoms with van der Waals surface area (Å²) in [7, 11) is 0. The van der Waals surface area contributed by atoms with Crippen molar-refractivity contribution < 1.29 is 18.7 Å². The van der Waals surface area contributed by atoms with Crippen LogP contribution < -0.4 is 0 Å². The van der Waals surface area contributed by atoms with Gasteiger partial charge < -0.3 is 18.8 Å². The minimum absolute atomic E-state index is 0.00848. The average molecular weight is 265 g/mol. The minimum atomic E-state index is -0.277. The molecule has 0 aliphatic carbocycles. The Hall–Kier alpha value is -1.33. The Morgan fingerprint density at radius 2 is 2.05 bits per heavy atom. The quantitative estimate of drug-likeness (QED) is 0.820. The highest BCUT2D eigenvalue weighted by Gasteiger charge is 2.37. The van der Waals surface area contributed by atoms with Gasteiger partial charge in [-0.2, -0.15) is 0 Å². The topological polar surface area (TPSA) is 51.9 Å². The molecule has 1 atom stereocenters. The van der Waals surface area contributed by atoms with Crippen molar-refractivity contribution in [1.29, 1.82) is 0 Å². The fraction of sp³-hybridized carbons (Fsp3) is 0.643. The maximum Gasteiger partial charge on any atom is 0.289 e. The number of piperidine rings is 1. The molecule has 0 radical (unpaired) electrons. The van der Waals surface area contributed by atoms with Crippen LogP contribution in [0.3, 0.4) is 0 Å². The van der Waals surface area contributed by atoms with Crippen LogP contribution in [0, 0.1) is 6.92 Å². The molecule has 2 aliphatic heterocycles. The first-order valence-corrected chi connectivity index (χ1v) is 6.86. The second-order valence-corrected chi connectivity index (χ2v) is 5.08. The van der Waals surface area contributed by atoms with Gasteiger partial charge in [0.15, 0.2) is 12.1 Å². The van der Waals surface area contributed by atoms with E-state index in [1.807, 2.05) is 17.9 Å². The minimum Gasteiger partial charge on any atom is -0.456 e. The predicted octanol–water partition coefficient (Wildman–Crippen LogP) is 1.96. The standard InChI is InChI=1S/C14H19NO4/c1-10-5-6-12(19-10)13(16)15-7-3-2-4-11(15)14-17-8-9-18-14/h5-6,11,14H,2-4,7-9H2,1H3. The molecule has 104 valence electrons. The van der Waals surface area contributed by atoms with Gasteiger partial charge in [-0.05, 0) is 38.3 Å². The maximum absolute atomic E-state index is 12.5. The third kappa shape index (κ3) is 2.53. The lowest BCUT2D eigenvalue weighted by Gasteiger charge is -2.37. The average Bonchev–Trinajstić information content (AvgIpc) is 3.09. The van der Waals surface area contributed by atoms with Crippen molar-refractivity contribution in [1.82, 2.24) is 4.90 Å². The summed E-state index contributed by atoms with van der Waals surface area (Å²) in [5, 5.41) is 0. The molecule has 0 bridgehead atoms. The monoisotopic (exact) mass is 265 g/mol. The van der Waals surface area contributed by atoms with E-state index < -0.39 is 0 Å². The number of ether oxygens (including phenoxy) is 2. The number of furan rings is 1. The Balaban J connectivity index is 1.77. The SMILES string of the molecule is Cc1ccc(C(=O)N2CCCCC2C2OCCO2)o1. The molecule has 0 aromatic carbocycles. The van der Waals surface area contributed by atoms with E-state index in [4.69, 9.17) is 13.9 Å². The number of aryl methyl sites for hydroxylation is 1. The molecule has 2 aliphatic rings. The van der Waals surface area contributed by atoms with Crippen LogP contribution in [0.15, 0.2) is 16.5 Å². The highest BCUT2D eigenvalue weighted by Crippen LogP contribution is 2.26. The Labute approximate surface area is 112 Å². The second-order valence-electron chi connectivity index (χ2n) is 5.08. The molecule has 1 unspecified atom stereocenters. The van der Waals surface area contributed by atoms with Crippen LogP contribution in [0.25, 0.3) is 0 Å². The van der Waals surface area contributed by atoms with Crippen molar-refractivity contribution in [2.45, 2.75) is 38.5 Å². The molecule has 3 heterocycles. The highest BCUT2D eigenvalue weighted by atomic mass is 16.7. The number of hydrogen-bond donors (Lipinski definition) is 0. The van der Waals surface area contributed by atoms with E-state index in [0.717, 1.165) is 31.6 Å². The smallest absolute Gasteiger partial charge is 0.289 e. The predicted molar refractivity (Wildman–Crippen MR) is 67.8 cm³/mol. The van der Waals surface area contributed by atoms with Crippen molar-refractivity contribution in [2.24, 2.45) is 0 Å². The first kappa shape index (κ1) is 12.7. The van der Waals surface area contributed by atoms with Crippen molar-refractivity contribution in [3.8, 4) is 0 Å². The zero-order chi connectivity index (χ0) is 13.2. The van der Waals surface area contributed by atoms with Crippen LogP contribution in [0.2, 0.25) is 0 Å². The molecule has 0 saturated carbocycles. The van der Waals surface area contributed by atoms with E-state index in [1.165, 1.54) is 0 Å². The number of amides is 1. The van der Waals surface area contributed by atoms with E-state index >= 15 is 0 Å². The molecule has 2 fully saturated rings. The van der Waals surface area contributed by atoms with Crippen LogP contribution in [0.1, 0.15) is 35.6 Å². The number of carbonyl (C=O) groups is 1. The highest BCUT2D eigenvalue weighted by molar-refractivity contribution is 5.91. The largest absolute Gasteiger partial charge is 0.456 e. The Morgan fingerprint density at radius 1 is 1.26 bits per heavy atom. The lowest BCUT2D eigenvalue weighted by Crippen LogP contribution is -2.50. The van der Waals surface area contributed by atoms with Crippen molar-refractivity contribution in [3.63, 3.8) is 0 Å². The van der Waals surface area contributed by atoms with E-state index in [9.17, 15) is 4.79 Å². The number of rotatable bonds is 2. The van der Waals surface area contributed by atoms with E-state index in [0.29, 0.717) is 19.0 Å². The second kappa shape index (κ2) is 5.35. The normalized spacial score (nSPS) is 24.9. The Morgan fingerprint density at radius 3 is 2.74 bits per heavy atom. The molecular weight excluding hydrogens is 246 g/mol. The first-order valence-electron chi connectivity index (χ1n) is 6.86. The summed E-state index contributed by atoms with van der Waals surface area (Å²) < 4.78 is 16.6. The van der Waals surface area contributed by atoms with Crippen molar-refractivity contribution in [3.05, 3.63) is 23.7 Å². The van der Waals surface area contributed by atoms with Gasteiger partial charge in [-0.3, -0.25) is 4.79 Å². The molecule has 1 aromatic rings. The lowest BCUT2D eigenvalue weighted by atomic mass is 10.0. The van der Waals surface area contributed by atoms with Crippen molar-refractivity contribution in [2.75, 3.05) is 19.8 Å². The molecule has 5 nitrogen and oxygen atoms in total. The van der Waals surface area contributed by atoms with Crippen LogP contribution in [-0.4, -0.2) is 42.9 Å². The lowest BCUT2D eigenvalue weighted by molar-refractivity contribution is -0.100. The first-order chi connectivity index (χ1) is 9.25. The maximum atomic E-state index is 12.5. The van der Waals surface area contributed by atoms with Gasteiger partial charge in [0.2, 0.25) is 0 Å². The molecule has 5 heteroatoms. The van der Waals surface area contributed by atoms with Crippen molar-refractivity contribution >= 4 is 5.91 Å². The molecule has 1 amide bonds. The molecular formula is C14H19NO4. The zero-order valence-electron chi connectivity index (χ0n) is 11.1. The number of nitrogens with zero attached hydrogens (tertiary/aromatic N) is 1. The summed E-state index contributed by atoms with van der Waals surface area (Å²) in [5.74, 6) is 1.10.